The van der Waals surface area contributed by atoms with Crippen molar-refractivity contribution >= 4 is 11.4 Å². The van der Waals surface area contributed by atoms with Crippen molar-refractivity contribution in [1.29, 1.82) is 0 Å². The van der Waals surface area contributed by atoms with Gasteiger partial charge in [-0.25, -0.2) is 0 Å². The van der Waals surface area contributed by atoms with Gasteiger partial charge in [0.05, 0.1) is 5.56 Å². The number of hydrogen-bond donors (Lipinski definition) is 0. The summed E-state index contributed by atoms with van der Waals surface area (Å²) in [6.45, 7) is 1.91. The summed E-state index contributed by atoms with van der Waals surface area (Å²) in [6.07, 6.45) is -4.37. The van der Waals surface area contributed by atoms with Crippen LogP contribution in [0.5, 0.6) is 0 Å². The van der Waals surface area contributed by atoms with Crippen molar-refractivity contribution < 1.29 is 33.3 Å². The molecule has 1 aliphatic heterocycles. The quantitative estimate of drug-likeness (QED) is 0.420. The molecule has 3 rings (SSSR count). The zero-order valence-corrected chi connectivity index (χ0v) is 13.4. The molecule has 1 radical (unpaired) electrons. The van der Waals surface area contributed by atoms with Crippen LogP contribution in [0.4, 0.5) is 24.5 Å². The molecule has 2 aromatic rings. The van der Waals surface area contributed by atoms with Crippen LogP contribution in [0.3, 0.4) is 0 Å². The number of hydrogen-bond acceptors (Lipinski definition) is 1. The first-order valence-electron chi connectivity index (χ1n) is 6.15. The zero-order valence-electron chi connectivity index (χ0n) is 11.0. The fourth-order valence-corrected chi connectivity index (χ4v) is 2.28. The Bertz CT molecular complexity index is 695. The first-order chi connectivity index (χ1) is 9.47. The summed E-state index contributed by atoms with van der Waals surface area (Å²) in [4.78, 5) is 0. The number of alkyl halides is 3. The molecule has 6 heteroatoms. The summed E-state index contributed by atoms with van der Waals surface area (Å²) in [5, 5.41) is 4.38. The Morgan fingerprint density at radius 1 is 1.19 bits per heavy atom. The fourth-order valence-electron chi connectivity index (χ4n) is 2.28. The van der Waals surface area contributed by atoms with E-state index in [0.29, 0.717) is 5.69 Å². The van der Waals surface area contributed by atoms with Crippen molar-refractivity contribution in [3.05, 3.63) is 59.7 Å². The van der Waals surface area contributed by atoms with E-state index >= 15 is 0 Å². The summed E-state index contributed by atoms with van der Waals surface area (Å²) in [7, 11) is 0. The maximum Gasteiger partial charge on any atom is 0.395 e. The SMILES string of the molecule is CC1N=[N+](c2[c-]ccc(C(F)(F)F)c2)c2ccccc21.[Ir]. The van der Waals surface area contributed by atoms with Gasteiger partial charge in [-0.1, -0.05) is 22.9 Å². The number of azo groups is 2. The van der Waals surface area contributed by atoms with E-state index < -0.39 is 11.7 Å². The normalized spacial score (nSPS) is 17.0. The van der Waals surface area contributed by atoms with Gasteiger partial charge in [0.15, 0.2) is 0 Å². The molecule has 21 heavy (non-hydrogen) atoms. The van der Waals surface area contributed by atoms with E-state index in [2.05, 4.69) is 11.2 Å². The van der Waals surface area contributed by atoms with Crippen LogP contribution in [-0.2, 0) is 26.3 Å². The maximum atomic E-state index is 12.8. The van der Waals surface area contributed by atoms with Crippen LogP contribution < -0.4 is 4.70 Å². The molecule has 1 atom stereocenters. The van der Waals surface area contributed by atoms with Crippen molar-refractivity contribution in [3.63, 3.8) is 0 Å². The third-order valence-electron chi connectivity index (χ3n) is 3.25. The molecule has 1 unspecified atom stereocenters. The first-order valence-corrected chi connectivity index (χ1v) is 6.15. The smallest absolute Gasteiger partial charge is 0.170 e. The van der Waals surface area contributed by atoms with E-state index in [9.17, 15) is 13.2 Å². The van der Waals surface area contributed by atoms with Crippen molar-refractivity contribution in [2.75, 3.05) is 0 Å². The van der Waals surface area contributed by atoms with Gasteiger partial charge >= 0.3 is 6.18 Å². The van der Waals surface area contributed by atoms with Crippen LogP contribution >= 0.6 is 0 Å². The third-order valence-corrected chi connectivity index (χ3v) is 3.25. The van der Waals surface area contributed by atoms with Gasteiger partial charge in [0, 0.05) is 26.2 Å². The summed E-state index contributed by atoms with van der Waals surface area (Å²) >= 11 is 0. The third kappa shape index (κ3) is 2.92. The van der Waals surface area contributed by atoms with Gasteiger partial charge in [-0.15, -0.1) is 6.07 Å². The van der Waals surface area contributed by atoms with E-state index in [0.717, 1.165) is 23.4 Å². The molecular weight excluding hydrogens is 457 g/mol. The van der Waals surface area contributed by atoms with Crippen LogP contribution in [0.25, 0.3) is 0 Å². The molecule has 0 aliphatic carbocycles. The summed E-state index contributed by atoms with van der Waals surface area (Å²) in [5.74, 6) is 0. The topological polar surface area (TPSA) is 15.4 Å². The predicted octanol–water partition coefficient (Wildman–Crippen LogP) is 4.86. The Morgan fingerprint density at radius 3 is 2.62 bits per heavy atom. The number of fused-ring (bicyclic) bond motifs is 1. The van der Waals surface area contributed by atoms with E-state index in [1.165, 1.54) is 10.8 Å². The second-order valence-electron chi connectivity index (χ2n) is 4.62. The van der Waals surface area contributed by atoms with Gasteiger partial charge < -0.3 is 0 Å². The van der Waals surface area contributed by atoms with Crippen molar-refractivity contribution in [2.24, 2.45) is 5.11 Å². The molecule has 0 bridgehead atoms. The summed E-state index contributed by atoms with van der Waals surface area (Å²) < 4.78 is 39.8. The van der Waals surface area contributed by atoms with Gasteiger partial charge in [0.1, 0.15) is 11.7 Å². The Labute approximate surface area is 133 Å². The number of nitrogens with zero attached hydrogens (tertiary/aromatic N) is 2. The molecule has 1 aliphatic rings. The Balaban J connectivity index is 0.00000161. The molecule has 1 heterocycles. The monoisotopic (exact) mass is 469 g/mol. The van der Waals surface area contributed by atoms with Gasteiger partial charge in [-0.3, -0.25) is 0 Å². The summed E-state index contributed by atoms with van der Waals surface area (Å²) in [6, 6.07) is 13.6. The largest absolute Gasteiger partial charge is 0.395 e. The van der Waals surface area contributed by atoms with Gasteiger partial charge in [0.2, 0.25) is 5.69 Å². The molecule has 2 nitrogen and oxygen atoms in total. The number of rotatable bonds is 1. The van der Waals surface area contributed by atoms with Gasteiger partial charge in [-0.05, 0) is 23.7 Å². The van der Waals surface area contributed by atoms with Crippen molar-refractivity contribution in [2.45, 2.75) is 19.1 Å². The predicted molar refractivity (Wildman–Crippen MR) is 69.0 cm³/mol. The molecule has 2 aromatic carbocycles. The second-order valence-corrected chi connectivity index (χ2v) is 4.62. The minimum absolute atomic E-state index is 0. The van der Waals surface area contributed by atoms with Crippen molar-refractivity contribution in [3.8, 4) is 0 Å². The molecule has 111 valence electrons. The van der Waals surface area contributed by atoms with E-state index in [1.807, 2.05) is 31.2 Å². The fraction of sp³-hybridized carbons (Fsp3) is 0.200. The molecular formula is C15H11F3IrN2. The number of para-hydroxylation sites is 1. The molecule has 0 aromatic heterocycles. The standard InChI is InChI=1S/C15H11F3N2.Ir/c1-10-13-7-2-3-8-14(13)20(19-10)12-6-4-5-11(9-12)15(16,17)18;/h2-5,7-10H,1H3;. The van der Waals surface area contributed by atoms with E-state index in [4.69, 9.17) is 0 Å². The number of halogens is 3. The summed E-state index contributed by atoms with van der Waals surface area (Å²) in [5.41, 5.74) is 1.41. The minimum atomic E-state index is -4.37. The molecule has 0 fully saturated rings. The maximum absolute atomic E-state index is 12.8. The van der Waals surface area contributed by atoms with Crippen molar-refractivity contribution in [1.82, 2.24) is 4.70 Å². The van der Waals surface area contributed by atoms with Gasteiger partial charge in [0.25, 0.3) is 0 Å². The number of benzene rings is 2. The van der Waals surface area contributed by atoms with Crippen LogP contribution in [-0.4, -0.2) is 0 Å². The first kappa shape index (κ1) is 15.9. The van der Waals surface area contributed by atoms with Crippen LogP contribution in [0, 0.1) is 6.07 Å². The molecule has 0 saturated heterocycles. The minimum Gasteiger partial charge on any atom is -0.170 e. The molecule has 0 amide bonds. The van der Waals surface area contributed by atoms with Crippen LogP contribution in [0.1, 0.15) is 24.1 Å². The van der Waals surface area contributed by atoms with Gasteiger partial charge in [-0.2, -0.15) is 25.3 Å². The van der Waals surface area contributed by atoms with Crippen LogP contribution in [0.2, 0.25) is 0 Å². The second kappa shape index (κ2) is 5.70. The average molecular weight is 468 g/mol. The Hall–Kier alpha value is -1.52. The molecule has 0 spiro atoms. The molecule has 0 saturated carbocycles. The van der Waals surface area contributed by atoms with Crippen LogP contribution in [0.15, 0.2) is 47.6 Å². The zero-order chi connectivity index (χ0) is 14.3. The Morgan fingerprint density at radius 2 is 1.90 bits per heavy atom. The Kier molecular flexibility index (Phi) is 4.30. The van der Waals surface area contributed by atoms with E-state index in [-0.39, 0.29) is 26.1 Å². The average Bonchev–Trinajstić information content (AvgIpc) is 2.76. The molecule has 0 N–H and O–H groups in total. The van der Waals surface area contributed by atoms with E-state index in [1.54, 1.807) is 0 Å².